The van der Waals surface area contributed by atoms with Gasteiger partial charge in [0.1, 0.15) is 0 Å². The molecular weight excluding hydrogens is 364 g/mol. The first kappa shape index (κ1) is 24.6. The van der Waals surface area contributed by atoms with E-state index < -0.39 is 0 Å². The molecule has 26 heavy (non-hydrogen) atoms. The van der Waals surface area contributed by atoms with Gasteiger partial charge in [0.25, 0.3) is 0 Å². The van der Waals surface area contributed by atoms with E-state index in [1.807, 2.05) is 0 Å². The van der Waals surface area contributed by atoms with Crippen molar-refractivity contribution in [2.45, 2.75) is 27.7 Å². The Labute approximate surface area is 173 Å². The van der Waals surface area contributed by atoms with Gasteiger partial charge >= 0.3 is 26.8 Å². The Kier molecular flexibility index (Phi) is 10.7. The summed E-state index contributed by atoms with van der Waals surface area (Å²) in [5, 5.41) is 5.51. The molecule has 0 spiro atoms. The fourth-order valence-corrected chi connectivity index (χ4v) is 3.04. The van der Waals surface area contributed by atoms with Gasteiger partial charge in [0.05, 0.1) is 0 Å². The van der Waals surface area contributed by atoms with Crippen LogP contribution in [0.25, 0.3) is 21.5 Å². The molecule has 0 heterocycles. The predicted molar refractivity (Wildman–Crippen MR) is 117 cm³/mol. The molecule has 0 aliphatic carbocycles. The van der Waals surface area contributed by atoms with Crippen LogP contribution in [0, 0.1) is 42.5 Å². The summed E-state index contributed by atoms with van der Waals surface area (Å²) in [6.07, 6.45) is 0. The number of rotatable bonds is 0. The van der Waals surface area contributed by atoms with Gasteiger partial charge in [-0.2, -0.15) is 11.1 Å². The Morgan fingerprint density at radius 3 is 1.23 bits per heavy atom. The van der Waals surface area contributed by atoms with Crippen molar-refractivity contribution in [2.24, 2.45) is 0 Å². The fourth-order valence-electron chi connectivity index (χ4n) is 3.04. The van der Waals surface area contributed by atoms with E-state index in [-0.39, 0.29) is 14.9 Å². The minimum absolute atomic E-state index is 0. The Hall–Kier alpha value is -1.41. The third-order valence-corrected chi connectivity index (χ3v) is 4.66. The Morgan fingerprint density at radius 2 is 0.923 bits per heavy atom. The zero-order chi connectivity index (χ0) is 17.7. The van der Waals surface area contributed by atoms with E-state index in [4.69, 9.17) is 0 Å². The van der Waals surface area contributed by atoms with Crippen LogP contribution in [0.2, 0.25) is 0 Å². The molecule has 4 rings (SSSR count). The van der Waals surface area contributed by atoms with Crippen molar-refractivity contribution in [3.05, 3.63) is 97.8 Å². The monoisotopic (exact) mass is 392 g/mol. The third-order valence-electron chi connectivity index (χ3n) is 4.66. The first-order valence-electron chi connectivity index (χ1n) is 8.06. The second-order valence-electron chi connectivity index (χ2n) is 6.08. The van der Waals surface area contributed by atoms with Crippen LogP contribution in [0.3, 0.4) is 0 Å². The topological polar surface area (TPSA) is 0 Å². The van der Waals surface area contributed by atoms with Gasteiger partial charge in [-0.25, -0.2) is 0 Å². The van der Waals surface area contributed by atoms with Gasteiger partial charge in [0.15, 0.2) is 0 Å². The fraction of sp³-hybridized carbons (Fsp3) is 0.167. The van der Waals surface area contributed by atoms with E-state index in [9.17, 15) is 0 Å². The van der Waals surface area contributed by atoms with E-state index in [0.717, 1.165) is 0 Å². The van der Waals surface area contributed by atoms with Crippen molar-refractivity contribution in [3.63, 3.8) is 0 Å². The van der Waals surface area contributed by atoms with E-state index in [1.165, 1.54) is 43.8 Å². The number of fused-ring (bicyclic) bond motifs is 2. The van der Waals surface area contributed by atoms with Crippen LogP contribution in [0.15, 0.2) is 60.7 Å². The molecule has 0 aromatic heterocycles. The molecule has 2 heteroatoms. The number of hydrogen-bond acceptors (Lipinski definition) is 0. The molecule has 0 saturated carbocycles. The molecule has 0 nitrogen and oxygen atoms in total. The van der Waals surface area contributed by atoms with Gasteiger partial charge in [-0.1, -0.05) is 39.8 Å². The summed E-state index contributed by atoms with van der Waals surface area (Å²) in [5.74, 6) is 0. The van der Waals surface area contributed by atoms with Crippen LogP contribution in [0.5, 0.6) is 0 Å². The second kappa shape index (κ2) is 11.3. The van der Waals surface area contributed by atoms with Crippen LogP contribution < -0.4 is 0 Å². The van der Waals surface area contributed by atoms with Gasteiger partial charge in [-0.15, -0.1) is 81.2 Å². The first-order chi connectivity index (χ1) is 11.6. The molecule has 0 bridgehead atoms. The average molecular weight is 392 g/mol. The zero-order valence-corrected chi connectivity index (χ0v) is 19.3. The van der Waals surface area contributed by atoms with Crippen LogP contribution in [0.4, 0.5) is 0 Å². The van der Waals surface area contributed by atoms with E-state index in [0.29, 0.717) is 0 Å². The molecule has 4 aromatic rings. The van der Waals surface area contributed by atoms with Crippen molar-refractivity contribution in [2.75, 3.05) is 0 Å². The summed E-state index contributed by atoms with van der Waals surface area (Å²) in [4.78, 5) is 0. The Balaban J connectivity index is 0.000000410. The molecule has 0 saturated heterocycles. The summed E-state index contributed by atoms with van der Waals surface area (Å²) in [6, 6.07) is 21.5. The molecule has 0 amide bonds. The van der Waals surface area contributed by atoms with E-state index >= 15 is 0 Å². The molecule has 136 valence electrons. The van der Waals surface area contributed by atoms with Gasteiger partial charge in [0.2, 0.25) is 0 Å². The van der Waals surface area contributed by atoms with Gasteiger partial charge in [0, 0.05) is 0 Å². The van der Waals surface area contributed by atoms with Crippen molar-refractivity contribution in [3.8, 4) is 0 Å². The van der Waals surface area contributed by atoms with E-state index in [2.05, 4.69) is 96.0 Å². The normalized spacial score (nSPS) is 9.19. The van der Waals surface area contributed by atoms with Crippen molar-refractivity contribution in [1.82, 2.24) is 0 Å². The molecule has 0 aliphatic heterocycles. The van der Waals surface area contributed by atoms with Gasteiger partial charge < -0.3 is 14.9 Å². The molecular formula is C24H28SiTi-4. The first-order valence-corrected chi connectivity index (χ1v) is 10.9. The second-order valence-corrected chi connectivity index (χ2v) is 6.08. The van der Waals surface area contributed by atoms with Crippen molar-refractivity contribution in [1.29, 1.82) is 0 Å². The van der Waals surface area contributed by atoms with Crippen LogP contribution >= 0.6 is 0 Å². The molecule has 4 aromatic carbocycles. The predicted octanol–water partition coefficient (Wildman–Crippen LogP) is 6.87. The van der Waals surface area contributed by atoms with Gasteiger partial charge in [-0.05, 0) is 0 Å². The summed E-state index contributed by atoms with van der Waals surface area (Å²) < 4.78 is 0. The maximum absolute atomic E-state index is 2.97. The van der Waals surface area contributed by atoms with Crippen molar-refractivity contribution >= 4 is 29.2 Å². The number of hydrogen-bond donors (Lipinski definition) is 0. The summed E-state index contributed by atoms with van der Waals surface area (Å²) >= 11 is 1.81. The minimum atomic E-state index is 0. The number of benzene rings is 2. The molecule has 0 unspecified atom stereocenters. The molecule has 2 radical (unpaired) electrons. The summed E-state index contributed by atoms with van der Waals surface area (Å²) in [7, 11) is 2.97. The van der Waals surface area contributed by atoms with E-state index in [1.54, 1.807) is 19.2 Å². The standard InChI is InChI=1S/2C11H11.2CH3.Si.Ti/c2*1-8-7-10-5-3-4-6-11(10)9(8)2;;;;/h2*3-7H,1-2H3;2*1H3;;/q4*-1;;. The maximum atomic E-state index is 2.97. The third kappa shape index (κ3) is 5.30. The average Bonchev–Trinajstić information content (AvgIpc) is 3.07. The quantitative estimate of drug-likeness (QED) is 0.226. The van der Waals surface area contributed by atoms with Crippen molar-refractivity contribution < 1.29 is 19.2 Å². The molecule has 0 atom stereocenters. The summed E-state index contributed by atoms with van der Waals surface area (Å²) in [6.45, 7) is 8.68. The zero-order valence-electron chi connectivity index (χ0n) is 16.8. The van der Waals surface area contributed by atoms with Crippen LogP contribution in [-0.2, 0) is 19.2 Å². The number of aryl methyl sites for hydroxylation is 4. The van der Waals surface area contributed by atoms with Crippen LogP contribution in [0.1, 0.15) is 22.3 Å². The Bertz CT molecular complexity index is 865. The summed E-state index contributed by atoms with van der Waals surface area (Å²) in [5.41, 5.74) is 5.62. The molecule has 0 aliphatic rings. The molecule has 0 fully saturated rings. The molecule has 0 N–H and O–H groups in total. The van der Waals surface area contributed by atoms with Crippen LogP contribution in [-0.4, -0.2) is 7.63 Å². The Morgan fingerprint density at radius 1 is 0.615 bits per heavy atom. The SMILES string of the molecule is Cc1[cH-]c2ccccc2c1C.Cc1[cH-]c2ccccc2c1C.[CH3-].[CH3-].[Si]=[Ti]. The van der Waals surface area contributed by atoms with Gasteiger partial charge in [-0.3, -0.25) is 0 Å².